The number of hydrogen-bond acceptors (Lipinski definition) is 3. The first-order valence-corrected chi connectivity index (χ1v) is 7.18. The molecule has 2 heterocycles. The molecule has 0 spiro atoms. The Bertz CT molecular complexity index is 741. The summed E-state index contributed by atoms with van der Waals surface area (Å²) in [5.41, 5.74) is 1.56. The van der Waals surface area contributed by atoms with E-state index in [1.54, 1.807) is 6.07 Å². The third kappa shape index (κ3) is 2.12. The van der Waals surface area contributed by atoms with Crippen LogP contribution in [-0.4, -0.2) is 4.57 Å². The Kier molecular flexibility index (Phi) is 3.30. The van der Waals surface area contributed by atoms with Crippen molar-refractivity contribution >= 4 is 26.8 Å². The third-order valence-electron chi connectivity index (χ3n) is 3.26. The highest BCUT2D eigenvalue weighted by atomic mass is 79.9. The van der Waals surface area contributed by atoms with E-state index in [0.717, 1.165) is 15.7 Å². The van der Waals surface area contributed by atoms with Gasteiger partial charge in [0.25, 0.3) is 6.29 Å². The van der Waals surface area contributed by atoms with Gasteiger partial charge >= 0.3 is 0 Å². The van der Waals surface area contributed by atoms with Crippen molar-refractivity contribution in [2.24, 2.45) is 0 Å². The smallest absolute Gasteiger partial charge is 0.281 e. The summed E-state index contributed by atoms with van der Waals surface area (Å²) in [7, 11) is 0. The minimum absolute atomic E-state index is 0.0292. The molecule has 0 bridgehead atoms. The fourth-order valence-corrected chi connectivity index (χ4v) is 2.82. The fraction of sp³-hybridized carbons (Fsp3) is 0.267. The van der Waals surface area contributed by atoms with Crippen LogP contribution in [-0.2, 0) is 9.47 Å². The first-order valence-electron chi connectivity index (χ1n) is 6.38. The first kappa shape index (κ1) is 13.2. The summed E-state index contributed by atoms with van der Waals surface area (Å²) in [5.74, 6) is 0. The van der Waals surface area contributed by atoms with Crippen LogP contribution in [0.2, 0.25) is 0 Å². The molecule has 2 aromatic rings. The molecule has 4 nitrogen and oxygen atoms in total. The number of ether oxygens (including phenoxy) is 2. The Morgan fingerprint density at radius 1 is 1.20 bits per heavy atom. The second kappa shape index (κ2) is 4.98. The molecule has 0 fully saturated rings. The summed E-state index contributed by atoms with van der Waals surface area (Å²) in [4.78, 5) is 12.3. The van der Waals surface area contributed by atoms with Gasteiger partial charge in [-0.3, -0.25) is 4.79 Å². The van der Waals surface area contributed by atoms with Gasteiger partial charge in [0.2, 0.25) is 0 Å². The molecule has 0 saturated carbocycles. The molecule has 1 aliphatic rings. The van der Waals surface area contributed by atoms with E-state index in [-0.39, 0.29) is 11.5 Å². The largest absolute Gasteiger partial charge is 0.454 e. The molecule has 1 aromatic heterocycles. The molecule has 5 heteroatoms. The van der Waals surface area contributed by atoms with E-state index in [2.05, 4.69) is 34.3 Å². The lowest BCUT2D eigenvalue weighted by atomic mass is 10.1. The van der Waals surface area contributed by atoms with E-state index >= 15 is 0 Å². The van der Waals surface area contributed by atoms with Crippen LogP contribution in [0.4, 0.5) is 0 Å². The summed E-state index contributed by atoms with van der Waals surface area (Å²) >= 11 is 3.46. The van der Waals surface area contributed by atoms with Crippen molar-refractivity contribution in [3.8, 4) is 0 Å². The molecule has 0 N–H and O–H groups in total. The monoisotopic (exact) mass is 335 g/mol. The number of fused-ring (bicyclic) bond motifs is 1. The molecular formula is C15H14BrNO3. The normalized spacial score (nSPS) is 14.8. The maximum Gasteiger partial charge on any atom is 0.281 e. The van der Waals surface area contributed by atoms with Crippen LogP contribution < -0.4 is 5.43 Å². The topological polar surface area (TPSA) is 40.5 Å². The lowest BCUT2D eigenvalue weighted by molar-refractivity contribution is -0.0312. The maximum atomic E-state index is 12.3. The third-order valence-corrected chi connectivity index (χ3v) is 3.75. The number of benzene rings is 1. The number of hydrogen-bond donors (Lipinski definition) is 0. The van der Waals surface area contributed by atoms with Gasteiger partial charge in [0.05, 0.1) is 5.52 Å². The quantitative estimate of drug-likeness (QED) is 0.836. The predicted octanol–water partition coefficient (Wildman–Crippen LogP) is 3.86. The van der Waals surface area contributed by atoms with E-state index in [4.69, 9.17) is 9.47 Å². The fourth-order valence-electron chi connectivity index (χ4n) is 2.47. The van der Waals surface area contributed by atoms with Crippen LogP contribution in [0, 0.1) is 0 Å². The van der Waals surface area contributed by atoms with Crippen molar-refractivity contribution in [1.82, 2.24) is 4.57 Å². The van der Waals surface area contributed by atoms with Crippen LogP contribution in [0.5, 0.6) is 0 Å². The van der Waals surface area contributed by atoms with Crippen LogP contribution in [0.15, 0.2) is 46.1 Å². The summed E-state index contributed by atoms with van der Waals surface area (Å²) < 4.78 is 13.8. The highest BCUT2D eigenvalue weighted by molar-refractivity contribution is 9.10. The number of pyridine rings is 1. The molecule has 0 radical (unpaired) electrons. The molecular weight excluding hydrogens is 322 g/mol. The average Bonchev–Trinajstić information content (AvgIpc) is 2.91. The van der Waals surface area contributed by atoms with Gasteiger partial charge in [-0.25, -0.2) is 0 Å². The minimum atomic E-state index is -0.562. The Labute approximate surface area is 124 Å². The zero-order valence-electron chi connectivity index (χ0n) is 11.2. The van der Waals surface area contributed by atoms with Crippen LogP contribution in [0.25, 0.3) is 10.9 Å². The number of rotatable bonds is 2. The van der Waals surface area contributed by atoms with Gasteiger partial charge in [-0.2, -0.15) is 0 Å². The molecule has 1 aliphatic heterocycles. The lowest BCUT2D eigenvalue weighted by Crippen LogP contribution is -2.19. The maximum absolute atomic E-state index is 12.3. The zero-order valence-corrected chi connectivity index (χ0v) is 12.8. The van der Waals surface area contributed by atoms with Gasteiger partial charge in [0, 0.05) is 22.0 Å². The molecule has 0 saturated heterocycles. The standard InChI is InChI=1S/C15H14BrNO3/c1-9(2)17-12-7-10(16)3-4-11(12)14(18)8-13(17)15-19-5-6-20-15/h3-9,15H,1-2H3. The highest BCUT2D eigenvalue weighted by Gasteiger charge is 2.23. The molecule has 0 amide bonds. The van der Waals surface area contributed by atoms with Crippen molar-refractivity contribution in [2.45, 2.75) is 26.2 Å². The minimum Gasteiger partial charge on any atom is -0.454 e. The Hall–Kier alpha value is -1.75. The van der Waals surface area contributed by atoms with Crippen LogP contribution in [0.1, 0.15) is 31.9 Å². The number of aromatic nitrogens is 1. The molecule has 0 aliphatic carbocycles. The van der Waals surface area contributed by atoms with E-state index < -0.39 is 6.29 Å². The molecule has 0 atom stereocenters. The van der Waals surface area contributed by atoms with Crippen molar-refractivity contribution < 1.29 is 9.47 Å². The van der Waals surface area contributed by atoms with Gasteiger partial charge in [-0.15, -0.1) is 0 Å². The highest BCUT2D eigenvalue weighted by Crippen LogP contribution is 2.29. The predicted molar refractivity (Wildman–Crippen MR) is 80.3 cm³/mol. The summed E-state index contributed by atoms with van der Waals surface area (Å²) in [5, 5.41) is 0.691. The van der Waals surface area contributed by atoms with E-state index in [9.17, 15) is 4.79 Å². The van der Waals surface area contributed by atoms with Crippen LogP contribution >= 0.6 is 15.9 Å². The Morgan fingerprint density at radius 3 is 2.55 bits per heavy atom. The average molecular weight is 336 g/mol. The lowest BCUT2D eigenvalue weighted by Gasteiger charge is -2.23. The molecule has 1 aromatic carbocycles. The van der Waals surface area contributed by atoms with Gasteiger partial charge in [-0.05, 0) is 32.0 Å². The summed E-state index contributed by atoms with van der Waals surface area (Å²) in [6, 6.07) is 7.42. The van der Waals surface area contributed by atoms with E-state index in [1.807, 2.05) is 18.2 Å². The summed E-state index contributed by atoms with van der Waals surface area (Å²) in [6.07, 6.45) is 2.42. The number of nitrogens with zero attached hydrogens (tertiary/aromatic N) is 1. The van der Waals surface area contributed by atoms with Crippen molar-refractivity contribution in [1.29, 1.82) is 0 Å². The SMILES string of the molecule is CC(C)n1c(C2OC=CO2)cc(=O)c2ccc(Br)cc21. The second-order valence-corrected chi connectivity index (χ2v) is 5.85. The van der Waals surface area contributed by atoms with E-state index in [0.29, 0.717) is 5.39 Å². The first-order chi connectivity index (χ1) is 9.58. The van der Waals surface area contributed by atoms with Gasteiger partial charge < -0.3 is 14.0 Å². The Balaban J connectivity index is 2.34. The van der Waals surface area contributed by atoms with Crippen molar-refractivity contribution in [2.75, 3.05) is 0 Å². The van der Waals surface area contributed by atoms with Gasteiger partial charge in [0.15, 0.2) is 5.43 Å². The molecule has 20 heavy (non-hydrogen) atoms. The van der Waals surface area contributed by atoms with Crippen molar-refractivity contribution in [3.05, 3.63) is 57.2 Å². The zero-order chi connectivity index (χ0) is 14.3. The van der Waals surface area contributed by atoms with Crippen molar-refractivity contribution in [3.63, 3.8) is 0 Å². The van der Waals surface area contributed by atoms with E-state index in [1.165, 1.54) is 12.5 Å². The Morgan fingerprint density at radius 2 is 1.90 bits per heavy atom. The van der Waals surface area contributed by atoms with Crippen LogP contribution in [0.3, 0.4) is 0 Å². The van der Waals surface area contributed by atoms with Gasteiger partial charge in [-0.1, -0.05) is 15.9 Å². The summed E-state index contributed by atoms with van der Waals surface area (Å²) in [6.45, 7) is 4.13. The van der Waals surface area contributed by atoms with Gasteiger partial charge in [0.1, 0.15) is 18.2 Å². The molecule has 3 rings (SSSR count). The second-order valence-electron chi connectivity index (χ2n) is 4.93. The molecule has 0 unspecified atom stereocenters. The number of halogens is 1. The molecule has 104 valence electrons.